The standard InChI is InChI=1S/C21H20O4/c1-14(7-5-8-15(2)22)20-21(16-9-6-10-17(23)13-16)25-19-12-4-3-11-18(19)24-20/h3-13,20-23H,1H2,2H3/b7-5-,15-8+/t20-,21+/m1/s1. The van der Waals surface area contributed by atoms with Crippen LogP contribution in [0.15, 0.2) is 84.7 Å². The Balaban J connectivity index is 1.95. The normalized spacial score (nSPS) is 19.8. The van der Waals surface area contributed by atoms with Gasteiger partial charge in [0.15, 0.2) is 23.7 Å². The minimum Gasteiger partial charge on any atom is -0.513 e. The first-order valence-electron chi connectivity index (χ1n) is 7.98. The fraction of sp³-hybridized carbons (Fsp3) is 0.143. The van der Waals surface area contributed by atoms with Gasteiger partial charge in [0, 0.05) is 5.56 Å². The van der Waals surface area contributed by atoms with E-state index in [0.29, 0.717) is 17.1 Å². The number of benzene rings is 2. The molecule has 128 valence electrons. The van der Waals surface area contributed by atoms with Crippen LogP contribution in [0.2, 0.25) is 0 Å². The van der Waals surface area contributed by atoms with Crippen molar-refractivity contribution in [2.75, 3.05) is 0 Å². The van der Waals surface area contributed by atoms with Crippen LogP contribution in [0.5, 0.6) is 17.2 Å². The number of allylic oxidation sites excluding steroid dienone is 3. The highest BCUT2D eigenvalue weighted by molar-refractivity contribution is 5.45. The number of ether oxygens (including phenoxy) is 2. The first kappa shape index (κ1) is 16.7. The minimum atomic E-state index is -0.458. The van der Waals surface area contributed by atoms with E-state index in [0.717, 1.165) is 5.56 Å². The van der Waals surface area contributed by atoms with Gasteiger partial charge in [-0.05, 0) is 42.8 Å². The van der Waals surface area contributed by atoms with Crippen LogP contribution in [-0.2, 0) is 0 Å². The van der Waals surface area contributed by atoms with Crippen molar-refractivity contribution in [3.63, 3.8) is 0 Å². The van der Waals surface area contributed by atoms with Crippen molar-refractivity contribution in [3.05, 3.63) is 90.2 Å². The first-order chi connectivity index (χ1) is 12.0. The lowest BCUT2D eigenvalue weighted by molar-refractivity contribution is 0.0426. The third kappa shape index (κ3) is 3.86. The Kier molecular flexibility index (Phi) is 4.80. The molecule has 0 bridgehead atoms. The van der Waals surface area contributed by atoms with Crippen molar-refractivity contribution in [2.45, 2.75) is 19.1 Å². The Bertz CT molecular complexity index is 831. The Morgan fingerprint density at radius 1 is 1.08 bits per heavy atom. The average Bonchev–Trinajstić information content (AvgIpc) is 2.60. The number of hydrogen-bond donors (Lipinski definition) is 2. The molecular formula is C21H20O4. The fourth-order valence-corrected chi connectivity index (χ4v) is 2.66. The number of para-hydroxylation sites is 2. The Labute approximate surface area is 147 Å². The Morgan fingerprint density at radius 3 is 2.48 bits per heavy atom. The Hall–Kier alpha value is -3.14. The van der Waals surface area contributed by atoms with Gasteiger partial charge in [-0.2, -0.15) is 0 Å². The number of aromatic hydroxyl groups is 1. The molecule has 0 radical (unpaired) electrons. The molecule has 1 aliphatic rings. The average molecular weight is 336 g/mol. The van der Waals surface area contributed by atoms with Crippen molar-refractivity contribution >= 4 is 0 Å². The van der Waals surface area contributed by atoms with Crippen LogP contribution >= 0.6 is 0 Å². The van der Waals surface area contributed by atoms with E-state index < -0.39 is 12.2 Å². The smallest absolute Gasteiger partial charge is 0.165 e. The van der Waals surface area contributed by atoms with Crippen molar-refractivity contribution < 1.29 is 19.7 Å². The van der Waals surface area contributed by atoms with Gasteiger partial charge in [-0.25, -0.2) is 0 Å². The summed E-state index contributed by atoms with van der Waals surface area (Å²) in [5, 5.41) is 19.1. The maximum atomic E-state index is 9.80. The third-order valence-electron chi connectivity index (χ3n) is 3.84. The number of phenols is 1. The van der Waals surface area contributed by atoms with Crippen molar-refractivity contribution in [1.82, 2.24) is 0 Å². The summed E-state index contributed by atoms with van der Waals surface area (Å²) in [4.78, 5) is 0. The number of aliphatic hydroxyl groups is 1. The monoisotopic (exact) mass is 336 g/mol. The summed E-state index contributed by atoms with van der Waals surface area (Å²) in [6, 6.07) is 14.4. The maximum Gasteiger partial charge on any atom is 0.165 e. The van der Waals surface area contributed by atoms with Crippen LogP contribution in [0.3, 0.4) is 0 Å². The lowest BCUT2D eigenvalue weighted by Crippen LogP contribution is -2.34. The summed E-state index contributed by atoms with van der Waals surface area (Å²) in [7, 11) is 0. The fourth-order valence-electron chi connectivity index (χ4n) is 2.66. The molecule has 4 heteroatoms. The molecule has 0 fully saturated rings. The number of aliphatic hydroxyl groups excluding tert-OH is 1. The highest BCUT2D eigenvalue weighted by Crippen LogP contribution is 2.41. The summed E-state index contributed by atoms with van der Waals surface area (Å²) in [5.41, 5.74) is 1.49. The number of rotatable bonds is 4. The van der Waals surface area contributed by atoms with Crippen molar-refractivity contribution in [3.8, 4) is 17.2 Å². The molecule has 2 aromatic rings. The molecule has 2 atom stereocenters. The second kappa shape index (κ2) is 7.18. The first-order valence-corrected chi connectivity index (χ1v) is 7.98. The highest BCUT2D eigenvalue weighted by atomic mass is 16.6. The number of phenolic OH excluding ortho intramolecular Hbond substituents is 1. The van der Waals surface area contributed by atoms with E-state index in [1.165, 1.54) is 0 Å². The van der Waals surface area contributed by atoms with Crippen LogP contribution in [0.4, 0.5) is 0 Å². The van der Waals surface area contributed by atoms with E-state index in [-0.39, 0.29) is 11.5 Å². The molecule has 2 aromatic carbocycles. The summed E-state index contributed by atoms with van der Waals surface area (Å²) >= 11 is 0. The molecule has 0 aromatic heterocycles. The Morgan fingerprint density at radius 2 is 1.80 bits per heavy atom. The van der Waals surface area contributed by atoms with Gasteiger partial charge in [-0.1, -0.05) is 43.0 Å². The number of hydrogen-bond acceptors (Lipinski definition) is 4. The van der Waals surface area contributed by atoms with Gasteiger partial charge >= 0.3 is 0 Å². The van der Waals surface area contributed by atoms with E-state index in [4.69, 9.17) is 9.47 Å². The molecule has 2 N–H and O–H groups in total. The summed E-state index contributed by atoms with van der Waals surface area (Å²) < 4.78 is 12.3. The van der Waals surface area contributed by atoms with Gasteiger partial charge < -0.3 is 19.7 Å². The zero-order valence-corrected chi connectivity index (χ0v) is 13.9. The van der Waals surface area contributed by atoms with Crippen molar-refractivity contribution in [1.29, 1.82) is 0 Å². The zero-order chi connectivity index (χ0) is 17.8. The molecular weight excluding hydrogens is 316 g/mol. The zero-order valence-electron chi connectivity index (χ0n) is 13.9. The van der Waals surface area contributed by atoms with Gasteiger partial charge in [0.25, 0.3) is 0 Å². The molecule has 0 aliphatic carbocycles. The molecule has 25 heavy (non-hydrogen) atoms. The second-order valence-electron chi connectivity index (χ2n) is 5.86. The molecule has 0 saturated heterocycles. The number of fused-ring (bicyclic) bond motifs is 1. The van der Waals surface area contributed by atoms with E-state index in [1.807, 2.05) is 30.3 Å². The van der Waals surface area contributed by atoms with Crippen molar-refractivity contribution in [2.24, 2.45) is 0 Å². The molecule has 4 nitrogen and oxygen atoms in total. The van der Waals surface area contributed by atoms with Gasteiger partial charge in [0.1, 0.15) is 5.75 Å². The maximum absolute atomic E-state index is 9.80. The molecule has 3 rings (SSSR count). The summed E-state index contributed by atoms with van der Waals surface area (Å²) in [6.07, 6.45) is 4.16. The lowest BCUT2D eigenvalue weighted by Gasteiger charge is -2.34. The second-order valence-corrected chi connectivity index (χ2v) is 5.86. The van der Waals surface area contributed by atoms with Crippen LogP contribution < -0.4 is 9.47 Å². The highest BCUT2D eigenvalue weighted by Gasteiger charge is 2.34. The molecule has 0 saturated carbocycles. The van der Waals surface area contributed by atoms with Gasteiger partial charge in [0.2, 0.25) is 0 Å². The van der Waals surface area contributed by atoms with Crippen LogP contribution in [0.25, 0.3) is 0 Å². The van der Waals surface area contributed by atoms with E-state index in [1.54, 1.807) is 43.4 Å². The molecule has 0 unspecified atom stereocenters. The summed E-state index contributed by atoms with van der Waals surface area (Å²) in [5.74, 6) is 1.67. The van der Waals surface area contributed by atoms with Gasteiger partial charge in [-0.15, -0.1) is 0 Å². The van der Waals surface area contributed by atoms with E-state index in [2.05, 4.69) is 6.58 Å². The third-order valence-corrected chi connectivity index (χ3v) is 3.84. The van der Waals surface area contributed by atoms with Crippen LogP contribution in [0, 0.1) is 0 Å². The van der Waals surface area contributed by atoms with E-state index in [9.17, 15) is 10.2 Å². The molecule has 0 spiro atoms. The molecule has 0 amide bonds. The SMILES string of the molecule is C=C(/C=C\C=C(/C)O)[C@H]1Oc2ccccc2O[C@H]1c1cccc(O)c1. The topological polar surface area (TPSA) is 58.9 Å². The van der Waals surface area contributed by atoms with E-state index >= 15 is 0 Å². The van der Waals surface area contributed by atoms with Gasteiger partial charge in [-0.3, -0.25) is 0 Å². The predicted octanol–water partition coefficient (Wildman–Crippen LogP) is 4.85. The van der Waals surface area contributed by atoms with Crippen LogP contribution in [0.1, 0.15) is 18.6 Å². The van der Waals surface area contributed by atoms with Crippen LogP contribution in [-0.4, -0.2) is 16.3 Å². The lowest BCUT2D eigenvalue weighted by atomic mass is 9.97. The summed E-state index contributed by atoms with van der Waals surface area (Å²) in [6.45, 7) is 5.68. The minimum absolute atomic E-state index is 0.165. The largest absolute Gasteiger partial charge is 0.513 e. The predicted molar refractivity (Wildman–Crippen MR) is 97.0 cm³/mol. The van der Waals surface area contributed by atoms with Gasteiger partial charge in [0.05, 0.1) is 5.76 Å². The molecule has 1 heterocycles. The molecule has 1 aliphatic heterocycles. The quantitative estimate of drug-likeness (QED) is 0.619.